The van der Waals surface area contributed by atoms with Gasteiger partial charge in [0.1, 0.15) is 13.2 Å². The number of carbonyl (C=O) groups excluding carboxylic acids is 2. The molecule has 0 bridgehead atoms. The van der Waals surface area contributed by atoms with E-state index in [2.05, 4.69) is 26.0 Å². The van der Waals surface area contributed by atoms with E-state index >= 15 is 0 Å². The number of ether oxygens (including phenoxy) is 4. The van der Waals surface area contributed by atoms with E-state index < -0.39 is 24.3 Å². The fourth-order valence-electron chi connectivity index (χ4n) is 10.8. The van der Waals surface area contributed by atoms with E-state index in [0.717, 1.165) is 51.4 Å². The molecule has 9 heteroatoms. The van der Waals surface area contributed by atoms with Gasteiger partial charge in [0.2, 0.25) is 0 Å². The van der Waals surface area contributed by atoms with Gasteiger partial charge in [0.05, 0.1) is 34.4 Å². The molecule has 2 unspecified atom stereocenters. The summed E-state index contributed by atoms with van der Waals surface area (Å²) in [6.45, 7) is 4.94. The van der Waals surface area contributed by atoms with Crippen molar-refractivity contribution in [1.29, 1.82) is 0 Å². The highest BCUT2D eigenvalue weighted by Crippen LogP contribution is 2.19. The Hall–Kier alpha value is -1.97. The third-order valence-electron chi connectivity index (χ3n) is 16.3. The average Bonchev–Trinajstić information content (AvgIpc) is 3.43. The normalized spacial score (nSPS) is 12.7. The third-order valence-corrected chi connectivity index (χ3v) is 16.3. The third kappa shape index (κ3) is 63.6. The first kappa shape index (κ1) is 78.0. The highest BCUT2D eigenvalue weighted by molar-refractivity contribution is 5.71. The molecule has 0 rings (SSSR count). The zero-order valence-electron chi connectivity index (χ0n) is 54.3. The largest absolute Gasteiger partial charge is 0.477 e. The molecule has 0 heterocycles. The summed E-state index contributed by atoms with van der Waals surface area (Å²) >= 11 is 0. The van der Waals surface area contributed by atoms with E-state index in [1.54, 1.807) is 0 Å². The Kier molecular flexibility index (Phi) is 61.5. The molecule has 0 amide bonds. The van der Waals surface area contributed by atoms with Gasteiger partial charge in [0.25, 0.3) is 6.29 Å². The van der Waals surface area contributed by atoms with Gasteiger partial charge >= 0.3 is 17.9 Å². The number of allylic oxidation sites excluding steroid dienone is 2. The van der Waals surface area contributed by atoms with Crippen molar-refractivity contribution in [2.24, 2.45) is 0 Å². The number of unbranched alkanes of at least 4 members (excludes halogenated alkanes) is 50. The van der Waals surface area contributed by atoms with Gasteiger partial charge in [-0.1, -0.05) is 328 Å². The standard InChI is InChI=1S/C71H137NO8/c1-6-8-10-12-14-16-18-20-22-24-25-26-27-28-29-30-31-32-33-34-35-36-37-38-39-40-41-42-43-44-46-47-49-51-53-55-57-59-61-68(73)78-65-67(66-79-71(70(75)76)77-64-63-72(3,4)5)80-69(74)62-60-58-56-54-52-50-48-45-23-21-19-17-15-13-11-9-7-2/h21,23,67,71H,6-20,22,24-66H2,1-5H3/p+1/b23-21-. The Morgan fingerprint density at radius 2 is 0.637 bits per heavy atom. The van der Waals surface area contributed by atoms with Gasteiger partial charge in [0.15, 0.2) is 6.10 Å². The van der Waals surface area contributed by atoms with E-state index in [-0.39, 0.29) is 32.2 Å². The summed E-state index contributed by atoms with van der Waals surface area (Å²) in [6.07, 6.45) is 73.5. The summed E-state index contributed by atoms with van der Waals surface area (Å²) in [6, 6.07) is 0. The predicted octanol–water partition coefficient (Wildman–Crippen LogP) is 21.6. The Morgan fingerprint density at radius 3 is 0.925 bits per heavy atom. The molecule has 0 fully saturated rings. The van der Waals surface area contributed by atoms with Gasteiger partial charge in [-0.05, 0) is 38.5 Å². The highest BCUT2D eigenvalue weighted by atomic mass is 16.7. The fourth-order valence-corrected chi connectivity index (χ4v) is 10.8. The van der Waals surface area contributed by atoms with Gasteiger partial charge in [-0.25, -0.2) is 4.79 Å². The summed E-state index contributed by atoms with van der Waals surface area (Å²) in [7, 11) is 5.98. The SMILES string of the molecule is CCCCCCCC/C=C\CCCCCCCCCC(=O)OC(COC(=O)CCCCCCCCCCCCCCCCCCCCCCCCCCCCCCCCCCCCCCCC)COC(OCC[N+](C)(C)C)C(=O)O. The Balaban J connectivity index is 3.91. The van der Waals surface area contributed by atoms with Crippen LogP contribution in [0.3, 0.4) is 0 Å². The molecular weight excluding hydrogens is 995 g/mol. The number of carbonyl (C=O) groups is 3. The van der Waals surface area contributed by atoms with E-state index in [0.29, 0.717) is 17.4 Å². The molecule has 0 aliphatic carbocycles. The summed E-state index contributed by atoms with van der Waals surface area (Å²) in [5, 5.41) is 9.72. The first-order valence-electron chi connectivity index (χ1n) is 35.4. The van der Waals surface area contributed by atoms with Crippen LogP contribution in [-0.2, 0) is 33.3 Å². The second kappa shape index (κ2) is 63.1. The summed E-state index contributed by atoms with van der Waals surface area (Å²) in [5.41, 5.74) is 0. The zero-order valence-corrected chi connectivity index (χ0v) is 54.3. The quantitative estimate of drug-likeness (QED) is 0.0211. The van der Waals surface area contributed by atoms with Crippen molar-refractivity contribution in [3.63, 3.8) is 0 Å². The van der Waals surface area contributed by atoms with Gasteiger partial charge in [-0.15, -0.1) is 0 Å². The number of esters is 2. The van der Waals surface area contributed by atoms with Crippen molar-refractivity contribution in [2.75, 3.05) is 47.5 Å². The van der Waals surface area contributed by atoms with Crippen molar-refractivity contribution in [3.8, 4) is 0 Å². The summed E-state index contributed by atoms with van der Waals surface area (Å²) < 4.78 is 23.0. The van der Waals surface area contributed by atoms with Crippen molar-refractivity contribution < 1.29 is 42.9 Å². The van der Waals surface area contributed by atoms with Crippen LogP contribution in [0.25, 0.3) is 0 Å². The number of hydrogen-bond acceptors (Lipinski definition) is 7. The van der Waals surface area contributed by atoms with Crippen LogP contribution >= 0.6 is 0 Å². The van der Waals surface area contributed by atoms with Crippen LogP contribution in [0.4, 0.5) is 0 Å². The first-order valence-corrected chi connectivity index (χ1v) is 35.4. The average molecular weight is 1130 g/mol. The van der Waals surface area contributed by atoms with Crippen LogP contribution in [0, 0.1) is 0 Å². The second-order valence-electron chi connectivity index (χ2n) is 25.6. The van der Waals surface area contributed by atoms with E-state index in [9.17, 15) is 19.5 Å². The van der Waals surface area contributed by atoms with Crippen LogP contribution in [0.5, 0.6) is 0 Å². The molecule has 0 aromatic heterocycles. The van der Waals surface area contributed by atoms with Crippen molar-refractivity contribution in [2.45, 2.75) is 379 Å². The fraction of sp³-hybridized carbons (Fsp3) is 0.930. The Morgan fingerprint density at radius 1 is 0.362 bits per heavy atom. The number of aliphatic carboxylic acids is 1. The molecule has 1 N–H and O–H groups in total. The monoisotopic (exact) mass is 1130 g/mol. The van der Waals surface area contributed by atoms with E-state index in [4.69, 9.17) is 18.9 Å². The van der Waals surface area contributed by atoms with Crippen LogP contribution in [0.1, 0.15) is 367 Å². The molecule has 2 atom stereocenters. The molecule has 474 valence electrons. The number of hydrogen-bond donors (Lipinski definition) is 1. The van der Waals surface area contributed by atoms with Crippen LogP contribution in [0.2, 0.25) is 0 Å². The molecule has 0 saturated heterocycles. The topological polar surface area (TPSA) is 108 Å². The number of likely N-dealkylation sites (N-methyl/N-ethyl adjacent to an activating group) is 1. The lowest BCUT2D eigenvalue weighted by molar-refractivity contribution is -0.870. The number of quaternary nitrogens is 1. The van der Waals surface area contributed by atoms with Crippen molar-refractivity contribution in [3.05, 3.63) is 12.2 Å². The molecule has 9 nitrogen and oxygen atoms in total. The summed E-state index contributed by atoms with van der Waals surface area (Å²) in [5.74, 6) is -1.98. The minimum atomic E-state index is -1.51. The Bertz CT molecular complexity index is 1320. The van der Waals surface area contributed by atoms with Gasteiger partial charge in [0, 0.05) is 12.8 Å². The van der Waals surface area contributed by atoms with Gasteiger partial charge in [-0.2, -0.15) is 0 Å². The minimum absolute atomic E-state index is 0.177. The number of carboxylic acids is 1. The molecule has 0 spiro atoms. The lowest BCUT2D eigenvalue weighted by Crippen LogP contribution is -2.40. The molecular formula is C71H138NO8+. The molecule has 0 saturated carbocycles. The smallest absolute Gasteiger partial charge is 0.361 e. The summed E-state index contributed by atoms with van der Waals surface area (Å²) in [4.78, 5) is 37.5. The molecule has 0 aliphatic rings. The minimum Gasteiger partial charge on any atom is -0.477 e. The number of nitrogens with zero attached hydrogens (tertiary/aromatic N) is 1. The van der Waals surface area contributed by atoms with Crippen LogP contribution < -0.4 is 0 Å². The molecule has 80 heavy (non-hydrogen) atoms. The second-order valence-corrected chi connectivity index (χ2v) is 25.6. The Labute approximate surface area is 497 Å². The molecule has 0 aromatic rings. The highest BCUT2D eigenvalue weighted by Gasteiger charge is 2.25. The van der Waals surface area contributed by atoms with Crippen molar-refractivity contribution >= 4 is 17.9 Å². The number of rotatable bonds is 67. The maximum atomic E-state index is 12.9. The maximum Gasteiger partial charge on any atom is 0.361 e. The van der Waals surface area contributed by atoms with Crippen LogP contribution in [0.15, 0.2) is 12.2 Å². The molecule has 0 aliphatic heterocycles. The lowest BCUT2D eigenvalue weighted by Gasteiger charge is -2.25. The first-order chi connectivity index (χ1) is 39.1. The van der Waals surface area contributed by atoms with Crippen molar-refractivity contribution in [1.82, 2.24) is 0 Å². The van der Waals surface area contributed by atoms with E-state index in [1.807, 2.05) is 21.1 Å². The number of carboxylic acid groups (broad SMARTS) is 1. The molecule has 0 aromatic carbocycles. The predicted molar refractivity (Wildman–Crippen MR) is 341 cm³/mol. The maximum absolute atomic E-state index is 12.9. The molecule has 0 radical (unpaired) electrons. The van der Waals surface area contributed by atoms with E-state index in [1.165, 1.54) is 289 Å². The van der Waals surface area contributed by atoms with Crippen LogP contribution in [-0.4, -0.2) is 87.4 Å². The van der Waals surface area contributed by atoms with Gasteiger partial charge in [-0.3, -0.25) is 9.59 Å². The lowest BCUT2D eigenvalue weighted by atomic mass is 10.0. The van der Waals surface area contributed by atoms with Gasteiger partial charge < -0.3 is 28.5 Å². The zero-order chi connectivity index (χ0) is 58.3.